The van der Waals surface area contributed by atoms with Gasteiger partial charge in [-0.05, 0) is 30.5 Å². The van der Waals surface area contributed by atoms with E-state index in [2.05, 4.69) is 15.5 Å². The van der Waals surface area contributed by atoms with E-state index in [0.717, 1.165) is 28.8 Å². The first-order valence-corrected chi connectivity index (χ1v) is 6.27. The Morgan fingerprint density at radius 2 is 2.15 bits per heavy atom. The molecule has 3 rings (SSSR count). The summed E-state index contributed by atoms with van der Waals surface area (Å²) >= 11 is 0. The third-order valence-corrected chi connectivity index (χ3v) is 3.41. The van der Waals surface area contributed by atoms with E-state index in [0.29, 0.717) is 12.1 Å². The number of carbonyl (C=O) groups excluding carboxylic acids is 1. The highest BCUT2D eigenvalue weighted by atomic mass is 16.4. The second-order valence-corrected chi connectivity index (χ2v) is 4.78. The minimum Gasteiger partial charge on any atom is -0.477 e. The third kappa shape index (κ3) is 1.95. The topological polar surface area (TPSA) is 95.1 Å². The van der Waals surface area contributed by atoms with Crippen LogP contribution in [0.3, 0.4) is 0 Å². The van der Waals surface area contributed by atoms with E-state index in [9.17, 15) is 9.59 Å². The molecule has 6 heteroatoms. The first-order chi connectivity index (χ1) is 9.56. The monoisotopic (exact) mass is 271 g/mol. The molecule has 1 aromatic carbocycles. The van der Waals surface area contributed by atoms with Gasteiger partial charge in [-0.3, -0.25) is 9.89 Å². The van der Waals surface area contributed by atoms with Gasteiger partial charge in [-0.2, -0.15) is 5.10 Å². The standard InChI is InChI=1S/C14H13N3O3/c1-7(18)15-9-3-5-10-8(6-9)2-4-11-12(10)16-17-13(11)14(19)20/h3,5-6H,2,4H2,1H3,(H,15,18)(H,16,17)(H,19,20). The van der Waals surface area contributed by atoms with Gasteiger partial charge in [0.05, 0.1) is 5.69 Å². The van der Waals surface area contributed by atoms with Gasteiger partial charge >= 0.3 is 5.97 Å². The quantitative estimate of drug-likeness (QED) is 0.776. The van der Waals surface area contributed by atoms with E-state index in [1.807, 2.05) is 12.1 Å². The molecule has 20 heavy (non-hydrogen) atoms. The predicted molar refractivity (Wildman–Crippen MR) is 72.7 cm³/mol. The molecule has 2 aromatic rings. The lowest BCUT2D eigenvalue weighted by molar-refractivity contribution is -0.114. The number of hydrogen-bond acceptors (Lipinski definition) is 3. The molecule has 1 heterocycles. The molecule has 1 aromatic heterocycles. The number of benzene rings is 1. The molecule has 102 valence electrons. The molecule has 0 bridgehead atoms. The van der Waals surface area contributed by atoms with Gasteiger partial charge in [0.1, 0.15) is 5.69 Å². The van der Waals surface area contributed by atoms with Crippen LogP contribution in [0.1, 0.15) is 28.5 Å². The summed E-state index contributed by atoms with van der Waals surface area (Å²) in [5.74, 6) is -1.11. The Morgan fingerprint density at radius 1 is 1.35 bits per heavy atom. The van der Waals surface area contributed by atoms with Crippen molar-refractivity contribution in [2.45, 2.75) is 19.8 Å². The number of aromatic nitrogens is 2. The van der Waals surface area contributed by atoms with Gasteiger partial charge in [0.25, 0.3) is 0 Å². The number of carboxylic acids is 1. The van der Waals surface area contributed by atoms with Crippen molar-refractivity contribution in [2.24, 2.45) is 0 Å². The maximum atomic E-state index is 11.1. The molecular weight excluding hydrogens is 258 g/mol. The lowest BCUT2D eigenvalue weighted by Gasteiger charge is -2.16. The van der Waals surface area contributed by atoms with E-state index in [4.69, 9.17) is 5.11 Å². The summed E-state index contributed by atoms with van der Waals surface area (Å²) in [6, 6.07) is 5.57. The molecule has 0 saturated carbocycles. The summed E-state index contributed by atoms with van der Waals surface area (Å²) in [7, 11) is 0. The van der Waals surface area contributed by atoms with E-state index in [1.165, 1.54) is 6.92 Å². The van der Waals surface area contributed by atoms with E-state index in [-0.39, 0.29) is 11.6 Å². The normalized spacial score (nSPS) is 12.4. The molecule has 1 aliphatic carbocycles. The Bertz CT molecular complexity index is 718. The number of amides is 1. The highest BCUT2D eigenvalue weighted by molar-refractivity contribution is 5.92. The van der Waals surface area contributed by atoms with Gasteiger partial charge in [0.15, 0.2) is 0 Å². The maximum absolute atomic E-state index is 11.1. The smallest absolute Gasteiger partial charge is 0.354 e. The van der Waals surface area contributed by atoms with Gasteiger partial charge in [-0.15, -0.1) is 0 Å². The van der Waals surface area contributed by atoms with E-state index in [1.54, 1.807) is 6.07 Å². The van der Waals surface area contributed by atoms with Crippen LogP contribution < -0.4 is 5.32 Å². The zero-order valence-corrected chi connectivity index (χ0v) is 10.9. The van der Waals surface area contributed by atoms with Gasteiger partial charge in [0, 0.05) is 23.7 Å². The summed E-state index contributed by atoms with van der Waals surface area (Å²) in [6.45, 7) is 1.46. The molecule has 0 spiro atoms. The fourth-order valence-electron chi connectivity index (χ4n) is 2.58. The fourth-order valence-corrected chi connectivity index (χ4v) is 2.58. The zero-order chi connectivity index (χ0) is 14.3. The van der Waals surface area contributed by atoms with E-state index >= 15 is 0 Å². The van der Waals surface area contributed by atoms with Crippen LogP contribution in [-0.2, 0) is 17.6 Å². The van der Waals surface area contributed by atoms with Crippen molar-refractivity contribution in [1.29, 1.82) is 0 Å². The molecule has 0 radical (unpaired) electrons. The number of aromatic amines is 1. The number of nitrogens with one attached hydrogen (secondary N) is 2. The van der Waals surface area contributed by atoms with Crippen LogP contribution in [-0.4, -0.2) is 27.2 Å². The Hall–Kier alpha value is -2.63. The zero-order valence-electron chi connectivity index (χ0n) is 10.9. The van der Waals surface area contributed by atoms with Crippen molar-refractivity contribution in [2.75, 3.05) is 5.32 Å². The summed E-state index contributed by atoms with van der Waals surface area (Å²) < 4.78 is 0. The first kappa shape index (κ1) is 12.4. The number of carbonyl (C=O) groups is 2. The average Bonchev–Trinajstić information content (AvgIpc) is 2.81. The van der Waals surface area contributed by atoms with Crippen molar-refractivity contribution in [3.05, 3.63) is 35.0 Å². The largest absolute Gasteiger partial charge is 0.477 e. The summed E-state index contributed by atoms with van der Waals surface area (Å²) in [6.07, 6.45) is 1.36. The SMILES string of the molecule is CC(=O)Nc1ccc2c(c1)CCc1c-2n[nH]c1C(=O)O. The lowest BCUT2D eigenvalue weighted by Crippen LogP contribution is -2.10. The maximum Gasteiger partial charge on any atom is 0.354 e. The van der Waals surface area contributed by atoms with Crippen molar-refractivity contribution in [3.63, 3.8) is 0 Å². The van der Waals surface area contributed by atoms with Crippen LogP contribution in [0.2, 0.25) is 0 Å². The Labute approximate surface area is 114 Å². The number of H-pyrrole nitrogens is 1. The molecule has 6 nitrogen and oxygen atoms in total. The van der Waals surface area contributed by atoms with Crippen molar-refractivity contribution in [3.8, 4) is 11.3 Å². The number of fused-ring (bicyclic) bond motifs is 3. The first-order valence-electron chi connectivity index (χ1n) is 6.27. The van der Waals surface area contributed by atoms with Crippen molar-refractivity contribution in [1.82, 2.24) is 10.2 Å². The lowest BCUT2D eigenvalue weighted by atomic mass is 9.88. The Balaban J connectivity index is 2.05. The number of hydrogen-bond donors (Lipinski definition) is 3. The Morgan fingerprint density at radius 3 is 2.85 bits per heavy atom. The number of aromatic carboxylic acids is 1. The number of anilines is 1. The van der Waals surface area contributed by atoms with Crippen LogP contribution in [0, 0.1) is 0 Å². The van der Waals surface area contributed by atoms with Crippen LogP contribution in [0.25, 0.3) is 11.3 Å². The second kappa shape index (κ2) is 4.48. The summed E-state index contributed by atoms with van der Waals surface area (Å²) in [4.78, 5) is 22.2. The van der Waals surface area contributed by atoms with Crippen LogP contribution in [0.5, 0.6) is 0 Å². The molecule has 0 aliphatic heterocycles. The fraction of sp³-hybridized carbons (Fsp3) is 0.214. The van der Waals surface area contributed by atoms with E-state index < -0.39 is 5.97 Å². The predicted octanol–water partition coefficient (Wildman–Crippen LogP) is 1.83. The summed E-state index contributed by atoms with van der Waals surface area (Å²) in [5, 5.41) is 18.5. The van der Waals surface area contributed by atoms with Gasteiger partial charge in [-0.1, -0.05) is 6.07 Å². The van der Waals surface area contributed by atoms with Crippen molar-refractivity contribution < 1.29 is 14.7 Å². The number of carboxylic acid groups (broad SMARTS) is 1. The van der Waals surface area contributed by atoms with Gasteiger partial charge < -0.3 is 10.4 Å². The molecule has 3 N–H and O–H groups in total. The number of rotatable bonds is 2. The number of nitrogens with zero attached hydrogens (tertiary/aromatic N) is 1. The molecule has 0 unspecified atom stereocenters. The minimum atomic E-state index is -0.989. The van der Waals surface area contributed by atoms with Crippen molar-refractivity contribution >= 4 is 17.6 Å². The molecule has 1 amide bonds. The highest BCUT2D eigenvalue weighted by Crippen LogP contribution is 2.34. The third-order valence-electron chi connectivity index (χ3n) is 3.41. The molecular formula is C14H13N3O3. The summed E-state index contributed by atoms with van der Waals surface area (Å²) in [5.41, 5.74) is 4.33. The average molecular weight is 271 g/mol. The van der Waals surface area contributed by atoms with Gasteiger partial charge in [0.2, 0.25) is 5.91 Å². The Kier molecular flexibility index (Phi) is 2.78. The van der Waals surface area contributed by atoms with Crippen LogP contribution in [0.15, 0.2) is 18.2 Å². The highest BCUT2D eigenvalue weighted by Gasteiger charge is 2.25. The molecule has 0 fully saturated rings. The molecule has 1 aliphatic rings. The van der Waals surface area contributed by atoms with Crippen LogP contribution in [0.4, 0.5) is 5.69 Å². The van der Waals surface area contributed by atoms with Gasteiger partial charge in [-0.25, -0.2) is 4.79 Å². The van der Waals surface area contributed by atoms with Crippen LogP contribution >= 0.6 is 0 Å². The second-order valence-electron chi connectivity index (χ2n) is 4.78. The number of aryl methyl sites for hydroxylation is 1. The molecule has 0 atom stereocenters. The molecule has 0 saturated heterocycles. The minimum absolute atomic E-state index is 0.116.